The van der Waals surface area contributed by atoms with Crippen molar-refractivity contribution < 1.29 is 19.1 Å². The smallest absolute Gasteiger partial charge is 0.312 e. The lowest BCUT2D eigenvalue weighted by molar-refractivity contribution is -0.151. The Bertz CT molecular complexity index is 458. The summed E-state index contributed by atoms with van der Waals surface area (Å²) in [6.45, 7) is 5.40. The van der Waals surface area contributed by atoms with Crippen molar-refractivity contribution in [1.82, 2.24) is 4.90 Å². The quantitative estimate of drug-likeness (QED) is 0.554. The van der Waals surface area contributed by atoms with E-state index in [1.54, 1.807) is 0 Å². The minimum absolute atomic E-state index is 0.0240. The summed E-state index contributed by atoms with van der Waals surface area (Å²) < 4.78 is 10.8. The van der Waals surface area contributed by atoms with E-state index in [-0.39, 0.29) is 18.0 Å². The SMILES string of the molecule is COC(=O)C1[C@H]2C(=O)N(CC(C)C)C[C@]23C=C[C@H]1O3. The molecule has 0 aromatic heterocycles. The summed E-state index contributed by atoms with van der Waals surface area (Å²) in [4.78, 5) is 26.3. The van der Waals surface area contributed by atoms with E-state index in [0.717, 1.165) is 0 Å². The van der Waals surface area contributed by atoms with E-state index in [9.17, 15) is 9.59 Å². The molecule has 2 saturated heterocycles. The predicted molar refractivity (Wildman–Crippen MR) is 67.2 cm³/mol. The van der Waals surface area contributed by atoms with Crippen LogP contribution in [0, 0.1) is 17.8 Å². The first kappa shape index (κ1) is 12.7. The molecule has 5 nitrogen and oxygen atoms in total. The minimum Gasteiger partial charge on any atom is -0.469 e. The van der Waals surface area contributed by atoms with Gasteiger partial charge in [-0.15, -0.1) is 0 Å². The molecule has 5 heteroatoms. The molecule has 4 atom stereocenters. The molecule has 3 aliphatic rings. The summed E-state index contributed by atoms with van der Waals surface area (Å²) in [7, 11) is 1.36. The number of esters is 1. The maximum Gasteiger partial charge on any atom is 0.312 e. The fraction of sp³-hybridized carbons (Fsp3) is 0.714. The van der Waals surface area contributed by atoms with Crippen molar-refractivity contribution in [1.29, 1.82) is 0 Å². The first-order chi connectivity index (χ1) is 8.98. The largest absolute Gasteiger partial charge is 0.469 e. The van der Waals surface area contributed by atoms with Gasteiger partial charge >= 0.3 is 5.97 Å². The number of rotatable bonds is 3. The Labute approximate surface area is 112 Å². The van der Waals surface area contributed by atoms with Crippen LogP contribution in [-0.4, -0.2) is 48.7 Å². The van der Waals surface area contributed by atoms with Crippen molar-refractivity contribution in [3.8, 4) is 0 Å². The number of amides is 1. The van der Waals surface area contributed by atoms with Crippen molar-refractivity contribution >= 4 is 11.9 Å². The zero-order chi connectivity index (χ0) is 13.8. The van der Waals surface area contributed by atoms with Gasteiger partial charge in [-0.05, 0) is 5.92 Å². The van der Waals surface area contributed by atoms with Crippen molar-refractivity contribution in [2.24, 2.45) is 17.8 Å². The molecule has 1 amide bonds. The van der Waals surface area contributed by atoms with Crippen LogP contribution in [0.2, 0.25) is 0 Å². The zero-order valence-electron chi connectivity index (χ0n) is 11.5. The number of carbonyl (C=O) groups is 2. The van der Waals surface area contributed by atoms with Crippen LogP contribution in [0.15, 0.2) is 12.2 Å². The second-order valence-electron chi connectivity index (χ2n) is 6.04. The molecule has 19 heavy (non-hydrogen) atoms. The average molecular weight is 265 g/mol. The fourth-order valence-corrected chi connectivity index (χ4v) is 3.58. The van der Waals surface area contributed by atoms with Crippen LogP contribution < -0.4 is 0 Å². The van der Waals surface area contributed by atoms with Crippen LogP contribution in [0.3, 0.4) is 0 Å². The highest BCUT2D eigenvalue weighted by atomic mass is 16.5. The highest BCUT2D eigenvalue weighted by Gasteiger charge is 2.67. The molecule has 0 radical (unpaired) electrons. The number of hydrogen-bond donors (Lipinski definition) is 0. The summed E-state index contributed by atoms with van der Waals surface area (Å²) in [5, 5.41) is 0. The van der Waals surface area contributed by atoms with Gasteiger partial charge in [-0.3, -0.25) is 9.59 Å². The molecule has 0 aromatic carbocycles. The number of likely N-dealkylation sites (tertiary alicyclic amines) is 1. The molecule has 1 spiro atoms. The van der Waals surface area contributed by atoms with E-state index >= 15 is 0 Å². The molecule has 2 bridgehead atoms. The molecule has 0 aromatic rings. The standard InChI is InChI=1S/C14H19NO4/c1-8(2)6-15-7-14-5-4-9(19-14)10(13(17)18-3)11(14)12(15)16/h4-5,8-11H,6-7H2,1-3H3/t9-,10?,11+,14-/m1/s1. The molecule has 3 aliphatic heterocycles. The molecule has 104 valence electrons. The molecular formula is C14H19NO4. The van der Waals surface area contributed by atoms with Gasteiger partial charge in [0.25, 0.3) is 0 Å². The first-order valence-corrected chi connectivity index (χ1v) is 6.72. The van der Waals surface area contributed by atoms with Crippen LogP contribution in [0.4, 0.5) is 0 Å². The fourth-order valence-electron chi connectivity index (χ4n) is 3.58. The maximum atomic E-state index is 12.5. The van der Waals surface area contributed by atoms with Crippen molar-refractivity contribution in [3.05, 3.63) is 12.2 Å². The lowest BCUT2D eigenvalue weighted by atomic mass is 9.77. The Kier molecular flexibility index (Phi) is 2.71. The van der Waals surface area contributed by atoms with Crippen LogP contribution >= 0.6 is 0 Å². The zero-order valence-corrected chi connectivity index (χ0v) is 11.5. The lowest BCUT2D eigenvalue weighted by Gasteiger charge is -2.22. The van der Waals surface area contributed by atoms with E-state index in [2.05, 4.69) is 13.8 Å². The molecule has 0 saturated carbocycles. The molecule has 3 rings (SSSR count). The molecule has 0 N–H and O–H groups in total. The Hall–Kier alpha value is -1.36. The first-order valence-electron chi connectivity index (χ1n) is 6.72. The Morgan fingerprint density at radius 3 is 3.00 bits per heavy atom. The number of nitrogens with zero attached hydrogens (tertiary/aromatic N) is 1. The normalized spacial score (nSPS) is 39.3. The van der Waals surface area contributed by atoms with Crippen LogP contribution in [0.1, 0.15) is 13.8 Å². The topological polar surface area (TPSA) is 55.8 Å². The van der Waals surface area contributed by atoms with Gasteiger partial charge < -0.3 is 14.4 Å². The number of fused-ring (bicyclic) bond motifs is 1. The summed E-state index contributed by atoms with van der Waals surface area (Å²) >= 11 is 0. The van der Waals surface area contributed by atoms with E-state index in [4.69, 9.17) is 9.47 Å². The van der Waals surface area contributed by atoms with E-state index in [1.807, 2.05) is 17.1 Å². The molecule has 2 fully saturated rings. The van der Waals surface area contributed by atoms with Gasteiger partial charge in [0.1, 0.15) is 11.5 Å². The van der Waals surface area contributed by atoms with Gasteiger partial charge in [0.15, 0.2) is 0 Å². The van der Waals surface area contributed by atoms with Crippen molar-refractivity contribution in [2.75, 3.05) is 20.2 Å². The van der Waals surface area contributed by atoms with E-state index < -0.39 is 17.4 Å². The van der Waals surface area contributed by atoms with Gasteiger partial charge in [0.05, 0.1) is 25.7 Å². The van der Waals surface area contributed by atoms with Crippen LogP contribution in [0.25, 0.3) is 0 Å². The third-order valence-electron chi connectivity index (χ3n) is 4.24. The molecule has 0 aliphatic carbocycles. The van der Waals surface area contributed by atoms with Gasteiger partial charge in [0.2, 0.25) is 5.91 Å². The Morgan fingerprint density at radius 1 is 1.63 bits per heavy atom. The van der Waals surface area contributed by atoms with E-state index in [0.29, 0.717) is 19.0 Å². The van der Waals surface area contributed by atoms with Gasteiger partial charge in [-0.25, -0.2) is 0 Å². The number of carbonyl (C=O) groups excluding carboxylic acids is 2. The maximum absolute atomic E-state index is 12.5. The highest BCUT2D eigenvalue weighted by Crippen LogP contribution is 2.52. The molecule has 1 unspecified atom stereocenters. The minimum atomic E-state index is -0.602. The second kappa shape index (κ2) is 4.07. The number of methoxy groups -OCH3 is 1. The summed E-state index contributed by atoms with van der Waals surface area (Å²) in [6, 6.07) is 0. The van der Waals surface area contributed by atoms with Crippen molar-refractivity contribution in [2.45, 2.75) is 25.6 Å². The van der Waals surface area contributed by atoms with Gasteiger partial charge in [0, 0.05) is 6.54 Å². The molecule has 3 heterocycles. The number of ether oxygens (including phenoxy) is 2. The third kappa shape index (κ3) is 1.64. The van der Waals surface area contributed by atoms with Gasteiger partial charge in [-0.2, -0.15) is 0 Å². The van der Waals surface area contributed by atoms with Gasteiger partial charge in [-0.1, -0.05) is 26.0 Å². The Morgan fingerprint density at radius 2 is 2.37 bits per heavy atom. The Balaban J connectivity index is 1.90. The summed E-state index contributed by atoms with van der Waals surface area (Å²) in [6.07, 6.45) is 3.55. The van der Waals surface area contributed by atoms with Crippen molar-refractivity contribution in [3.63, 3.8) is 0 Å². The summed E-state index contributed by atoms with van der Waals surface area (Å²) in [5.41, 5.74) is -0.602. The monoisotopic (exact) mass is 265 g/mol. The average Bonchev–Trinajstić information content (AvgIpc) is 2.97. The van der Waals surface area contributed by atoms with Crippen LogP contribution in [0.5, 0.6) is 0 Å². The molecular weight excluding hydrogens is 246 g/mol. The lowest BCUT2D eigenvalue weighted by Crippen LogP contribution is -2.39. The summed E-state index contributed by atoms with van der Waals surface area (Å²) in [5.74, 6) is -0.817. The number of hydrogen-bond acceptors (Lipinski definition) is 4. The van der Waals surface area contributed by atoms with Crippen LogP contribution in [-0.2, 0) is 19.1 Å². The van der Waals surface area contributed by atoms with E-state index in [1.165, 1.54) is 7.11 Å². The third-order valence-corrected chi connectivity index (χ3v) is 4.24. The second-order valence-corrected chi connectivity index (χ2v) is 6.04. The highest BCUT2D eigenvalue weighted by molar-refractivity contribution is 5.91. The predicted octanol–water partition coefficient (Wildman–Crippen LogP) is 0.597.